The lowest BCUT2D eigenvalue weighted by atomic mass is 9.95. The number of methoxy groups -OCH3 is 1. The van der Waals surface area contributed by atoms with Gasteiger partial charge in [-0.2, -0.15) is 0 Å². The molecule has 3 atom stereocenters. The molecule has 3 N–H and O–H groups in total. The number of nitrogens with zero attached hydrogens (tertiary/aromatic N) is 1. The van der Waals surface area contributed by atoms with E-state index in [1.165, 1.54) is 0 Å². The van der Waals surface area contributed by atoms with E-state index in [0.717, 1.165) is 29.3 Å². The maximum atomic E-state index is 10.5. The van der Waals surface area contributed by atoms with Crippen LogP contribution in [0.4, 0.5) is 0 Å². The van der Waals surface area contributed by atoms with Crippen LogP contribution in [0, 0.1) is 0 Å². The van der Waals surface area contributed by atoms with Crippen LogP contribution in [0.1, 0.15) is 18.4 Å². The van der Waals surface area contributed by atoms with Crippen molar-refractivity contribution in [2.24, 2.45) is 5.73 Å². The summed E-state index contributed by atoms with van der Waals surface area (Å²) in [5, 5.41) is 11.5. The number of hydrogen-bond donors (Lipinski definition) is 2. The van der Waals surface area contributed by atoms with Crippen LogP contribution in [0.5, 0.6) is 5.75 Å². The molecule has 0 spiro atoms. The van der Waals surface area contributed by atoms with Crippen LogP contribution >= 0.6 is 0 Å². The molecule has 2 aromatic rings. The molecule has 5 heteroatoms. The van der Waals surface area contributed by atoms with Crippen molar-refractivity contribution in [1.29, 1.82) is 0 Å². The van der Waals surface area contributed by atoms with Crippen molar-refractivity contribution in [3.05, 3.63) is 36.0 Å². The first kappa shape index (κ1) is 15.2. The lowest BCUT2D eigenvalue weighted by molar-refractivity contribution is -0.0671. The molecule has 3 rings (SSSR count). The largest absolute Gasteiger partial charge is 0.495 e. The van der Waals surface area contributed by atoms with Crippen LogP contribution in [-0.2, 0) is 11.2 Å². The first-order valence-electron chi connectivity index (χ1n) is 7.64. The molecule has 1 saturated heterocycles. The summed E-state index contributed by atoms with van der Waals surface area (Å²) in [6.45, 7) is 0.520. The third-order valence-corrected chi connectivity index (χ3v) is 4.23. The predicted octanol–water partition coefficient (Wildman–Crippen LogP) is 1.65. The van der Waals surface area contributed by atoms with Crippen LogP contribution in [0.2, 0.25) is 0 Å². The van der Waals surface area contributed by atoms with Crippen LogP contribution in [0.25, 0.3) is 10.9 Å². The summed E-state index contributed by atoms with van der Waals surface area (Å²) in [7, 11) is 1.62. The van der Waals surface area contributed by atoms with Crippen LogP contribution in [-0.4, -0.2) is 42.1 Å². The van der Waals surface area contributed by atoms with Crippen molar-refractivity contribution in [2.45, 2.75) is 37.5 Å². The maximum absolute atomic E-state index is 10.5. The molecule has 0 amide bonds. The third-order valence-electron chi connectivity index (χ3n) is 4.23. The Morgan fingerprint density at radius 2 is 2.32 bits per heavy atom. The number of aliphatic hydroxyl groups is 1. The van der Waals surface area contributed by atoms with Crippen molar-refractivity contribution in [1.82, 2.24) is 4.98 Å². The van der Waals surface area contributed by atoms with E-state index >= 15 is 0 Å². The van der Waals surface area contributed by atoms with Gasteiger partial charge >= 0.3 is 0 Å². The number of hydrogen-bond acceptors (Lipinski definition) is 5. The third kappa shape index (κ3) is 3.21. The summed E-state index contributed by atoms with van der Waals surface area (Å²) in [6, 6.07) is 7.99. The van der Waals surface area contributed by atoms with Gasteiger partial charge in [-0.1, -0.05) is 12.1 Å². The van der Waals surface area contributed by atoms with E-state index < -0.39 is 6.10 Å². The van der Waals surface area contributed by atoms with Gasteiger partial charge in [-0.15, -0.1) is 0 Å². The number of pyridine rings is 1. The maximum Gasteiger partial charge on any atom is 0.137 e. The molecular weight excluding hydrogens is 280 g/mol. The van der Waals surface area contributed by atoms with E-state index in [1.807, 2.05) is 24.3 Å². The highest BCUT2D eigenvalue weighted by molar-refractivity contribution is 5.83. The van der Waals surface area contributed by atoms with Gasteiger partial charge < -0.3 is 20.3 Å². The lowest BCUT2D eigenvalue weighted by Gasteiger charge is -2.30. The molecule has 1 fully saturated rings. The van der Waals surface area contributed by atoms with E-state index in [0.29, 0.717) is 18.8 Å². The molecule has 0 unspecified atom stereocenters. The standard InChI is InChI=1S/C17H22N2O3/c1-21-13-8-14-11(3-2-4-15(14)19-9-13)7-16(20)17-6-5-12(18)10-22-17/h2-4,8-9,12,16-17,20H,5-7,10,18H2,1H3/t12-,16+,17+/m1/s1. The predicted molar refractivity (Wildman–Crippen MR) is 85.0 cm³/mol. The number of ether oxygens (including phenoxy) is 2. The average molecular weight is 302 g/mol. The molecule has 1 aromatic heterocycles. The van der Waals surface area contributed by atoms with E-state index in [9.17, 15) is 5.11 Å². The first-order valence-corrected chi connectivity index (χ1v) is 7.64. The lowest BCUT2D eigenvalue weighted by Crippen LogP contribution is -2.41. The molecule has 118 valence electrons. The first-order chi connectivity index (χ1) is 10.7. The van der Waals surface area contributed by atoms with Gasteiger partial charge in [0.05, 0.1) is 37.6 Å². The zero-order valence-electron chi connectivity index (χ0n) is 12.7. The summed E-state index contributed by atoms with van der Waals surface area (Å²) in [5.41, 5.74) is 7.78. The topological polar surface area (TPSA) is 77.6 Å². The van der Waals surface area contributed by atoms with Gasteiger partial charge in [-0.25, -0.2) is 0 Å². The van der Waals surface area contributed by atoms with Gasteiger partial charge in [0.25, 0.3) is 0 Å². The Morgan fingerprint density at radius 1 is 1.45 bits per heavy atom. The van der Waals surface area contributed by atoms with Crippen molar-refractivity contribution in [3.8, 4) is 5.75 Å². The minimum atomic E-state index is -0.538. The van der Waals surface area contributed by atoms with Gasteiger partial charge in [-0.3, -0.25) is 4.98 Å². The number of aromatic nitrogens is 1. The van der Waals surface area contributed by atoms with Crippen LogP contribution in [0.15, 0.2) is 30.5 Å². The van der Waals surface area contributed by atoms with E-state index in [-0.39, 0.29) is 12.1 Å². The summed E-state index contributed by atoms with van der Waals surface area (Å²) in [4.78, 5) is 4.39. The monoisotopic (exact) mass is 302 g/mol. The molecular formula is C17H22N2O3. The van der Waals surface area contributed by atoms with E-state index in [2.05, 4.69) is 4.98 Å². The quantitative estimate of drug-likeness (QED) is 0.898. The van der Waals surface area contributed by atoms with Crippen LogP contribution in [0.3, 0.4) is 0 Å². The molecule has 1 aromatic carbocycles. The minimum Gasteiger partial charge on any atom is -0.495 e. The molecule has 0 bridgehead atoms. The van der Waals surface area contributed by atoms with Crippen molar-refractivity contribution in [3.63, 3.8) is 0 Å². The fraction of sp³-hybridized carbons (Fsp3) is 0.471. The summed E-state index contributed by atoms with van der Waals surface area (Å²) < 4.78 is 10.9. The molecule has 0 saturated carbocycles. The van der Waals surface area contributed by atoms with Crippen molar-refractivity contribution >= 4 is 10.9 Å². The second-order valence-corrected chi connectivity index (χ2v) is 5.84. The van der Waals surface area contributed by atoms with E-state index in [4.69, 9.17) is 15.2 Å². The SMILES string of the molecule is COc1cnc2cccc(C[C@H](O)[C@@H]3CC[C@@H](N)CO3)c2c1. The Balaban J connectivity index is 1.80. The Bertz CT molecular complexity index is 639. The van der Waals surface area contributed by atoms with Crippen molar-refractivity contribution < 1.29 is 14.6 Å². The average Bonchev–Trinajstić information content (AvgIpc) is 2.55. The molecule has 1 aliphatic rings. The zero-order chi connectivity index (χ0) is 15.5. The second-order valence-electron chi connectivity index (χ2n) is 5.84. The smallest absolute Gasteiger partial charge is 0.137 e. The highest BCUT2D eigenvalue weighted by Gasteiger charge is 2.26. The Morgan fingerprint density at radius 3 is 3.05 bits per heavy atom. The highest BCUT2D eigenvalue weighted by atomic mass is 16.5. The Kier molecular flexibility index (Phi) is 4.57. The number of rotatable bonds is 4. The fourth-order valence-electron chi connectivity index (χ4n) is 2.93. The van der Waals surface area contributed by atoms with Gasteiger partial charge in [0.1, 0.15) is 5.75 Å². The number of aliphatic hydroxyl groups excluding tert-OH is 1. The number of fused-ring (bicyclic) bond motifs is 1. The fourth-order valence-corrected chi connectivity index (χ4v) is 2.93. The van der Waals surface area contributed by atoms with Gasteiger partial charge in [0.15, 0.2) is 0 Å². The Hall–Kier alpha value is -1.69. The van der Waals surface area contributed by atoms with Crippen molar-refractivity contribution in [2.75, 3.05) is 13.7 Å². The summed E-state index contributed by atoms with van der Waals surface area (Å²) >= 11 is 0. The summed E-state index contributed by atoms with van der Waals surface area (Å²) in [6.07, 6.45) is 3.25. The molecule has 0 radical (unpaired) electrons. The molecule has 2 heterocycles. The molecule has 1 aliphatic heterocycles. The minimum absolute atomic E-state index is 0.0921. The van der Waals surface area contributed by atoms with Gasteiger partial charge in [0, 0.05) is 17.8 Å². The highest BCUT2D eigenvalue weighted by Crippen LogP contribution is 2.25. The molecule has 0 aliphatic carbocycles. The zero-order valence-corrected chi connectivity index (χ0v) is 12.7. The van der Waals surface area contributed by atoms with Gasteiger partial charge in [-0.05, 0) is 30.5 Å². The molecule has 5 nitrogen and oxygen atoms in total. The van der Waals surface area contributed by atoms with Crippen LogP contribution < -0.4 is 10.5 Å². The number of benzene rings is 1. The molecule has 22 heavy (non-hydrogen) atoms. The Labute approximate surface area is 130 Å². The summed E-state index contributed by atoms with van der Waals surface area (Å²) in [5.74, 6) is 0.717. The van der Waals surface area contributed by atoms with Gasteiger partial charge in [0.2, 0.25) is 0 Å². The second kappa shape index (κ2) is 6.60. The number of nitrogens with two attached hydrogens (primary N) is 1. The normalized spacial score (nSPS) is 23.4. The van der Waals surface area contributed by atoms with E-state index in [1.54, 1.807) is 13.3 Å².